The zero-order valence-corrected chi connectivity index (χ0v) is 11.4. The second-order valence-electron chi connectivity index (χ2n) is 4.76. The Bertz CT molecular complexity index is 392. The summed E-state index contributed by atoms with van der Waals surface area (Å²) in [5, 5.41) is 9.52. The van der Waals surface area contributed by atoms with Crippen LogP contribution in [0.1, 0.15) is 37.4 Å². The van der Waals surface area contributed by atoms with Crippen LogP contribution in [0.15, 0.2) is 18.2 Å². The predicted molar refractivity (Wildman–Crippen MR) is 72.9 cm³/mol. The first-order chi connectivity index (χ1) is 8.76. The lowest BCUT2D eigenvalue weighted by Crippen LogP contribution is -2.30. The fourth-order valence-corrected chi connectivity index (χ4v) is 2.82. The summed E-state index contributed by atoms with van der Waals surface area (Å²) in [5.74, 6) is 0.381. The van der Waals surface area contributed by atoms with E-state index in [0.29, 0.717) is 11.8 Å². The molecule has 0 radical (unpaired) electrons. The molecule has 0 aromatic heterocycles. The molecule has 1 unspecified atom stereocenters. The minimum atomic E-state index is 0.381. The fourth-order valence-electron chi connectivity index (χ4n) is 2.82. The van der Waals surface area contributed by atoms with E-state index in [1.165, 1.54) is 11.1 Å². The van der Waals surface area contributed by atoms with Crippen molar-refractivity contribution in [1.29, 1.82) is 0 Å². The van der Waals surface area contributed by atoms with Crippen LogP contribution in [0.2, 0.25) is 0 Å². The molecule has 0 bridgehead atoms. The second-order valence-corrected chi connectivity index (χ2v) is 4.76. The van der Waals surface area contributed by atoms with Crippen LogP contribution in [0.3, 0.4) is 0 Å². The molecule has 3 heteroatoms. The first-order valence-electron chi connectivity index (χ1n) is 6.89. The van der Waals surface area contributed by atoms with Crippen LogP contribution in [0.5, 0.6) is 5.75 Å². The first-order valence-corrected chi connectivity index (χ1v) is 6.89. The quantitative estimate of drug-likeness (QED) is 0.787. The summed E-state index contributed by atoms with van der Waals surface area (Å²) in [6.07, 6.45) is 2.22. The van der Waals surface area contributed by atoms with Crippen molar-refractivity contribution in [3.8, 4) is 5.75 Å². The standard InChI is InChI=1S/C15H23NO2/c1-3-16(9-10-18-4-2)15-8-5-12-11-13(17)6-7-14(12)15/h6-7,11,15,17H,3-5,8-10H2,1-2H3. The van der Waals surface area contributed by atoms with E-state index in [2.05, 4.69) is 17.9 Å². The maximum absolute atomic E-state index is 9.52. The SMILES string of the molecule is CCOCCN(CC)C1CCc2cc(O)ccc21. The van der Waals surface area contributed by atoms with Crippen LogP contribution >= 0.6 is 0 Å². The van der Waals surface area contributed by atoms with Gasteiger partial charge in [0.15, 0.2) is 0 Å². The molecule has 0 aliphatic heterocycles. The molecular formula is C15H23NO2. The maximum Gasteiger partial charge on any atom is 0.115 e. The molecule has 1 atom stereocenters. The Morgan fingerprint density at radius 2 is 2.22 bits per heavy atom. The van der Waals surface area contributed by atoms with Gasteiger partial charge in [-0.25, -0.2) is 0 Å². The molecule has 100 valence electrons. The van der Waals surface area contributed by atoms with E-state index in [9.17, 15) is 5.11 Å². The average Bonchev–Trinajstić information content (AvgIpc) is 2.77. The molecule has 0 fully saturated rings. The molecule has 1 aliphatic carbocycles. The number of fused-ring (bicyclic) bond motifs is 1. The topological polar surface area (TPSA) is 32.7 Å². The summed E-state index contributed by atoms with van der Waals surface area (Å²) in [6.45, 7) is 7.84. The summed E-state index contributed by atoms with van der Waals surface area (Å²) in [6, 6.07) is 6.27. The molecule has 0 spiro atoms. The van der Waals surface area contributed by atoms with Gasteiger partial charge < -0.3 is 9.84 Å². The zero-order valence-electron chi connectivity index (χ0n) is 11.4. The van der Waals surface area contributed by atoms with Crippen molar-refractivity contribution in [1.82, 2.24) is 4.90 Å². The zero-order chi connectivity index (χ0) is 13.0. The average molecular weight is 249 g/mol. The van der Waals surface area contributed by atoms with Gasteiger partial charge in [0.2, 0.25) is 0 Å². The van der Waals surface area contributed by atoms with E-state index >= 15 is 0 Å². The summed E-state index contributed by atoms with van der Waals surface area (Å²) in [5.41, 5.74) is 2.68. The van der Waals surface area contributed by atoms with Crippen LogP contribution in [-0.2, 0) is 11.2 Å². The molecular weight excluding hydrogens is 226 g/mol. The molecule has 1 aromatic carbocycles. The molecule has 1 aromatic rings. The fraction of sp³-hybridized carbons (Fsp3) is 0.600. The molecule has 0 saturated carbocycles. The lowest BCUT2D eigenvalue weighted by molar-refractivity contribution is 0.0966. The van der Waals surface area contributed by atoms with Gasteiger partial charge in [0.1, 0.15) is 5.75 Å². The van der Waals surface area contributed by atoms with Gasteiger partial charge in [-0.1, -0.05) is 13.0 Å². The van der Waals surface area contributed by atoms with Crippen molar-refractivity contribution in [2.45, 2.75) is 32.7 Å². The van der Waals surface area contributed by atoms with E-state index in [0.717, 1.165) is 39.1 Å². The third kappa shape index (κ3) is 2.85. The number of nitrogens with zero attached hydrogens (tertiary/aromatic N) is 1. The smallest absolute Gasteiger partial charge is 0.115 e. The van der Waals surface area contributed by atoms with Gasteiger partial charge in [0, 0.05) is 19.2 Å². The Hall–Kier alpha value is -1.06. The highest BCUT2D eigenvalue weighted by Crippen LogP contribution is 2.37. The summed E-state index contributed by atoms with van der Waals surface area (Å²) >= 11 is 0. The highest BCUT2D eigenvalue weighted by molar-refractivity contribution is 5.40. The molecule has 1 N–H and O–H groups in total. The Morgan fingerprint density at radius 3 is 2.94 bits per heavy atom. The number of phenolic OH excluding ortho intramolecular Hbond substituents is 1. The molecule has 1 aliphatic rings. The lowest BCUT2D eigenvalue weighted by Gasteiger charge is -2.28. The number of hydrogen-bond donors (Lipinski definition) is 1. The van der Waals surface area contributed by atoms with Crippen molar-refractivity contribution in [2.24, 2.45) is 0 Å². The predicted octanol–water partition coefficient (Wildman–Crippen LogP) is 2.74. The number of likely N-dealkylation sites (N-methyl/N-ethyl adjacent to an activating group) is 1. The van der Waals surface area contributed by atoms with Crippen molar-refractivity contribution >= 4 is 0 Å². The van der Waals surface area contributed by atoms with Gasteiger partial charge >= 0.3 is 0 Å². The molecule has 0 heterocycles. The number of ether oxygens (including phenoxy) is 1. The van der Waals surface area contributed by atoms with Gasteiger partial charge in [-0.05, 0) is 49.6 Å². The maximum atomic E-state index is 9.52. The second kappa shape index (κ2) is 6.21. The van der Waals surface area contributed by atoms with Crippen LogP contribution < -0.4 is 0 Å². The number of benzene rings is 1. The molecule has 0 amide bonds. The van der Waals surface area contributed by atoms with E-state index < -0.39 is 0 Å². The summed E-state index contributed by atoms with van der Waals surface area (Å²) < 4.78 is 5.45. The molecule has 3 nitrogen and oxygen atoms in total. The number of hydrogen-bond acceptors (Lipinski definition) is 3. The lowest BCUT2D eigenvalue weighted by atomic mass is 10.1. The number of aromatic hydroxyl groups is 1. The van der Waals surface area contributed by atoms with Crippen LogP contribution in [0.25, 0.3) is 0 Å². The Kier molecular flexibility index (Phi) is 4.61. The Balaban J connectivity index is 2.06. The van der Waals surface area contributed by atoms with Crippen LogP contribution in [0.4, 0.5) is 0 Å². The summed E-state index contributed by atoms with van der Waals surface area (Å²) in [7, 11) is 0. The largest absolute Gasteiger partial charge is 0.508 e. The Morgan fingerprint density at radius 1 is 1.39 bits per heavy atom. The third-order valence-electron chi connectivity index (χ3n) is 3.75. The number of aryl methyl sites for hydroxylation is 1. The molecule has 18 heavy (non-hydrogen) atoms. The number of rotatable bonds is 6. The van der Waals surface area contributed by atoms with Crippen molar-refractivity contribution in [3.05, 3.63) is 29.3 Å². The highest BCUT2D eigenvalue weighted by atomic mass is 16.5. The normalized spacial score (nSPS) is 18.3. The first kappa shape index (κ1) is 13.4. The van der Waals surface area contributed by atoms with Gasteiger partial charge in [0.05, 0.1) is 6.61 Å². The highest BCUT2D eigenvalue weighted by Gasteiger charge is 2.26. The Labute approximate surface area is 109 Å². The van der Waals surface area contributed by atoms with Crippen molar-refractivity contribution < 1.29 is 9.84 Å². The minimum absolute atomic E-state index is 0.381. The van der Waals surface area contributed by atoms with E-state index in [1.807, 2.05) is 13.0 Å². The van der Waals surface area contributed by atoms with Crippen molar-refractivity contribution in [3.63, 3.8) is 0 Å². The van der Waals surface area contributed by atoms with Gasteiger partial charge in [-0.3, -0.25) is 4.90 Å². The van der Waals surface area contributed by atoms with Crippen LogP contribution in [-0.4, -0.2) is 36.3 Å². The summed E-state index contributed by atoms with van der Waals surface area (Å²) in [4.78, 5) is 2.47. The van der Waals surface area contributed by atoms with E-state index in [-0.39, 0.29) is 0 Å². The molecule has 2 rings (SSSR count). The molecule has 0 saturated heterocycles. The number of phenols is 1. The van der Waals surface area contributed by atoms with E-state index in [1.54, 1.807) is 6.07 Å². The van der Waals surface area contributed by atoms with Crippen LogP contribution in [0, 0.1) is 0 Å². The van der Waals surface area contributed by atoms with E-state index in [4.69, 9.17) is 4.74 Å². The van der Waals surface area contributed by atoms with Gasteiger partial charge in [-0.2, -0.15) is 0 Å². The minimum Gasteiger partial charge on any atom is -0.508 e. The van der Waals surface area contributed by atoms with Crippen molar-refractivity contribution in [2.75, 3.05) is 26.3 Å². The monoisotopic (exact) mass is 249 g/mol. The van der Waals surface area contributed by atoms with Gasteiger partial charge in [0.25, 0.3) is 0 Å². The van der Waals surface area contributed by atoms with Gasteiger partial charge in [-0.15, -0.1) is 0 Å². The third-order valence-corrected chi connectivity index (χ3v) is 3.75.